The van der Waals surface area contributed by atoms with E-state index in [1.54, 1.807) is 0 Å². The fourth-order valence-corrected chi connectivity index (χ4v) is 1.94. The van der Waals surface area contributed by atoms with Gasteiger partial charge in [-0.05, 0) is 24.7 Å². The molecular formula is C12H24N2O. The quantitative estimate of drug-likeness (QED) is 0.769. The van der Waals surface area contributed by atoms with Crippen LogP contribution in [0.1, 0.15) is 40.0 Å². The van der Waals surface area contributed by atoms with Crippen molar-refractivity contribution < 1.29 is 4.79 Å². The molecular weight excluding hydrogens is 188 g/mol. The van der Waals surface area contributed by atoms with E-state index in [9.17, 15) is 4.79 Å². The number of amides is 1. The molecule has 1 unspecified atom stereocenters. The van der Waals surface area contributed by atoms with Crippen LogP contribution in [0.4, 0.5) is 0 Å². The SMILES string of the molecule is CN(C(=O)C(CN)CC(C)(C)C)C1CC1. The van der Waals surface area contributed by atoms with E-state index in [0.717, 1.165) is 19.3 Å². The van der Waals surface area contributed by atoms with E-state index in [0.29, 0.717) is 12.6 Å². The second-order valence-electron chi connectivity index (χ2n) is 5.88. The lowest BCUT2D eigenvalue weighted by atomic mass is 9.84. The molecule has 0 bridgehead atoms. The molecule has 0 aromatic rings. The summed E-state index contributed by atoms with van der Waals surface area (Å²) in [5, 5.41) is 0. The Hall–Kier alpha value is -0.570. The lowest BCUT2D eigenvalue weighted by Gasteiger charge is -2.28. The number of hydrogen-bond donors (Lipinski definition) is 1. The maximum atomic E-state index is 12.1. The summed E-state index contributed by atoms with van der Waals surface area (Å²) in [5.41, 5.74) is 5.86. The van der Waals surface area contributed by atoms with Crippen molar-refractivity contribution in [3.63, 3.8) is 0 Å². The van der Waals surface area contributed by atoms with Gasteiger partial charge in [0.15, 0.2) is 0 Å². The minimum Gasteiger partial charge on any atom is -0.342 e. The molecule has 1 atom stereocenters. The second kappa shape index (κ2) is 4.52. The van der Waals surface area contributed by atoms with Crippen LogP contribution in [-0.2, 0) is 4.79 Å². The molecule has 0 aromatic heterocycles. The Morgan fingerprint density at radius 2 is 2.00 bits per heavy atom. The zero-order chi connectivity index (χ0) is 11.6. The maximum absolute atomic E-state index is 12.1. The van der Waals surface area contributed by atoms with Gasteiger partial charge in [-0.1, -0.05) is 20.8 Å². The first-order chi connectivity index (χ1) is 6.85. The summed E-state index contributed by atoms with van der Waals surface area (Å²) in [6, 6.07) is 0.492. The highest BCUT2D eigenvalue weighted by Gasteiger charge is 2.34. The fourth-order valence-electron chi connectivity index (χ4n) is 1.94. The third-order valence-corrected chi connectivity index (χ3v) is 2.93. The molecule has 0 spiro atoms. The van der Waals surface area contributed by atoms with Crippen molar-refractivity contribution in [1.82, 2.24) is 4.90 Å². The van der Waals surface area contributed by atoms with Crippen LogP contribution in [0, 0.1) is 11.3 Å². The Labute approximate surface area is 93.0 Å². The number of nitrogens with two attached hydrogens (primary N) is 1. The Balaban J connectivity index is 2.53. The standard InChI is InChI=1S/C12H24N2O/c1-12(2,3)7-9(8-13)11(15)14(4)10-5-6-10/h9-10H,5-8,13H2,1-4H3. The lowest BCUT2D eigenvalue weighted by molar-refractivity contribution is -0.135. The molecule has 3 nitrogen and oxygen atoms in total. The van der Waals surface area contributed by atoms with Crippen LogP contribution in [0.3, 0.4) is 0 Å². The van der Waals surface area contributed by atoms with E-state index in [1.165, 1.54) is 0 Å². The first-order valence-corrected chi connectivity index (χ1v) is 5.82. The Kier molecular flexibility index (Phi) is 3.77. The van der Waals surface area contributed by atoms with Crippen molar-refractivity contribution in [1.29, 1.82) is 0 Å². The van der Waals surface area contributed by atoms with Gasteiger partial charge in [-0.3, -0.25) is 4.79 Å². The topological polar surface area (TPSA) is 46.3 Å². The van der Waals surface area contributed by atoms with E-state index < -0.39 is 0 Å². The molecule has 0 radical (unpaired) electrons. The summed E-state index contributed by atoms with van der Waals surface area (Å²) < 4.78 is 0. The maximum Gasteiger partial charge on any atom is 0.226 e. The monoisotopic (exact) mass is 212 g/mol. The van der Waals surface area contributed by atoms with Crippen LogP contribution in [-0.4, -0.2) is 30.4 Å². The normalized spacial score (nSPS) is 18.7. The van der Waals surface area contributed by atoms with Crippen LogP contribution in [0.2, 0.25) is 0 Å². The van der Waals surface area contributed by atoms with Gasteiger partial charge in [-0.2, -0.15) is 0 Å². The second-order valence-corrected chi connectivity index (χ2v) is 5.88. The Morgan fingerprint density at radius 1 is 1.47 bits per heavy atom. The van der Waals surface area contributed by atoms with Gasteiger partial charge in [0, 0.05) is 19.6 Å². The number of nitrogens with zero attached hydrogens (tertiary/aromatic N) is 1. The zero-order valence-electron chi connectivity index (χ0n) is 10.4. The molecule has 1 amide bonds. The highest BCUT2D eigenvalue weighted by Crippen LogP contribution is 2.30. The molecule has 0 saturated heterocycles. The summed E-state index contributed by atoms with van der Waals surface area (Å²) in [7, 11) is 1.91. The van der Waals surface area contributed by atoms with Gasteiger partial charge in [0.05, 0.1) is 5.92 Å². The molecule has 1 rings (SSSR count). The van der Waals surface area contributed by atoms with Gasteiger partial charge in [0.25, 0.3) is 0 Å². The van der Waals surface area contributed by atoms with Gasteiger partial charge in [-0.25, -0.2) is 0 Å². The van der Waals surface area contributed by atoms with Crippen molar-refractivity contribution in [3.05, 3.63) is 0 Å². The minimum absolute atomic E-state index is 0.00407. The van der Waals surface area contributed by atoms with Crippen molar-refractivity contribution in [2.45, 2.75) is 46.1 Å². The molecule has 1 fully saturated rings. The predicted molar refractivity (Wildman–Crippen MR) is 62.4 cm³/mol. The van der Waals surface area contributed by atoms with E-state index in [4.69, 9.17) is 5.73 Å². The van der Waals surface area contributed by atoms with Crippen molar-refractivity contribution in [2.24, 2.45) is 17.1 Å². The lowest BCUT2D eigenvalue weighted by Crippen LogP contribution is -2.39. The predicted octanol–water partition coefficient (Wildman–Crippen LogP) is 1.62. The number of hydrogen-bond acceptors (Lipinski definition) is 2. The zero-order valence-corrected chi connectivity index (χ0v) is 10.4. The molecule has 0 aromatic carbocycles. The fraction of sp³-hybridized carbons (Fsp3) is 0.917. The summed E-state index contributed by atoms with van der Waals surface area (Å²) in [5.74, 6) is 0.227. The Morgan fingerprint density at radius 3 is 2.33 bits per heavy atom. The summed E-state index contributed by atoms with van der Waals surface area (Å²) in [6.45, 7) is 6.92. The van der Waals surface area contributed by atoms with E-state index >= 15 is 0 Å². The van der Waals surface area contributed by atoms with E-state index in [1.807, 2.05) is 11.9 Å². The first kappa shape index (κ1) is 12.5. The van der Waals surface area contributed by atoms with Gasteiger partial charge < -0.3 is 10.6 Å². The van der Waals surface area contributed by atoms with Crippen LogP contribution in [0.25, 0.3) is 0 Å². The van der Waals surface area contributed by atoms with Crippen molar-refractivity contribution >= 4 is 5.91 Å². The largest absolute Gasteiger partial charge is 0.342 e. The Bertz CT molecular complexity index is 228. The van der Waals surface area contributed by atoms with Gasteiger partial charge >= 0.3 is 0 Å². The van der Waals surface area contributed by atoms with E-state index in [-0.39, 0.29) is 17.2 Å². The van der Waals surface area contributed by atoms with Gasteiger partial charge in [0.2, 0.25) is 5.91 Å². The molecule has 88 valence electrons. The smallest absolute Gasteiger partial charge is 0.226 e. The number of carbonyl (C=O) groups is 1. The first-order valence-electron chi connectivity index (χ1n) is 5.82. The summed E-state index contributed by atoms with van der Waals surface area (Å²) >= 11 is 0. The molecule has 1 aliphatic rings. The summed E-state index contributed by atoms with van der Waals surface area (Å²) in [4.78, 5) is 14.0. The molecule has 2 N–H and O–H groups in total. The molecule has 1 saturated carbocycles. The average Bonchev–Trinajstić information content (AvgIpc) is 2.93. The average molecular weight is 212 g/mol. The third kappa shape index (κ3) is 3.82. The van der Waals surface area contributed by atoms with Crippen LogP contribution >= 0.6 is 0 Å². The molecule has 15 heavy (non-hydrogen) atoms. The molecule has 3 heteroatoms. The molecule has 1 aliphatic carbocycles. The van der Waals surface area contributed by atoms with Crippen LogP contribution < -0.4 is 5.73 Å². The number of rotatable bonds is 4. The van der Waals surface area contributed by atoms with Crippen LogP contribution in [0.15, 0.2) is 0 Å². The van der Waals surface area contributed by atoms with Gasteiger partial charge in [-0.15, -0.1) is 0 Å². The molecule has 0 aliphatic heterocycles. The van der Waals surface area contributed by atoms with Gasteiger partial charge in [0.1, 0.15) is 0 Å². The summed E-state index contributed by atoms with van der Waals surface area (Å²) in [6.07, 6.45) is 3.20. The van der Waals surface area contributed by atoms with Crippen molar-refractivity contribution in [2.75, 3.05) is 13.6 Å². The third-order valence-electron chi connectivity index (χ3n) is 2.93. The number of carbonyl (C=O) groups excluding carboxylic acids is 1. The molecule has 0 heterocycles. The minimum atomic E-state index is -0.00407. The van der Waals surface area contributed by atoms with Crippen molar-refractivity contribution in [3.8, 4) is 0 Å². The van der Waals surface area contributed by atoms with Crippen LogP contribution in [0.5, 0.6) is 0 Å². The highest BCUT2D eigenvalue weighted by atomic mass is 16.2. The highest BCUT2D eigenvalue weighted by molar-refractivity contribution is 5.79. The van der Waals surface area contributed by atoms with E-state index in [2.05, 4.69) is 20.8 Å².